The Hall–Kier alpha value is -1.95. The molecule has 0 aliphatic rings. The lowest BCUT2D eigenvalue weighted by molar-refractivity contribution is -0.116. The second kappa shape index (κ2) is 4.71. The smallest absolute Gasteiger partial charge is 0.250 e. The second-order valence-corrected chi connectivity index (χ2v) is 3.52. The highest BCUT2D eigenvalue weighted by Crippen LogP contribution is 2.28. The van der Waals surface area contributed by atoms with Crippen molar-refractivity contribution in [3.63, 3.8) is 0 Å². The molecule has 0 saturated carbocycles. The third-order valence-electron chi connectivity index (χ3n) is 1.82. The molecular formula is C9H11ClN4O2. The first-order chi connectivity index (χ1) is 7.41. The molecule has 2 amide bonds. The first-order valence-electron chi connectivity index (χ1n) is 4.33. The van der Waals surface area contributed by atoms with E-state index in [1.54, 1.807) is 0 Å². The Morgan fingerprint density at radius 2 is 1.94 bits per heavy atom. The van der Waals surface area contributed by atoms with Gasteiger partial charge in [0.2, 0.25) is 5.91 Å². The van der Waals surface area contributed by atoms with E-state index in [9.17, 15) is 9.59 Å². The zero-order valence-electron chi connectivity index (χ0n) is 8.29. The predicted octanol–water partition coefficient (Wildman–Crippen LogP) is -0.0817. The van der Waals surface area contributed by atoms with E-state index >= 15 is 0 Å². The number of nitrogens with one attached hydrogen (secondary N) is 1. The van der Waals surface area contributed by atoms with Crippen LogP contribution in [0.25, 0.3) is 0 Å². The summed E-state index contributed by atoms with van der Waals surface area (Å²) in [4.78, 5) is 21.7. The van der Waals surface area contributed by atoms with Crippen LogP contribution in [0.4, 0.5) is 11.4 Å². The van der Waals surface area contributed by atoms with Crippen LogP contribution in [0.1, 0.15) is 10.4 Å². The molecule has 1 rings (SSSR count). The molecule has 0 unspecified atom stereocenters. The number of nitrogens with two attached hydrogens (primary N) is 3. The minimum Gasteiger partial charge on any atom is -0.399 e. The number of hydrogen-bond donors (Lipinski definition) is 4. The number of benzene rings is 1. The Bertz CT molecular complexity index is 447. The largest absolute Gasteiger partial charge is 0.399 e. The molecule has 0 bridgehead atoms. The normalized spacial score (nSPS) is 9.81. The molecule has 0 aliphatic heterocycles. The number of rotatable bonds is 4. The maximum absolute atomic E-state index is 11.1. The van der Waals surface area contributed by atoms with Crippen molar-refractivity contribution in [2.75, 3.05) is 17.6 Å². The van der Waals surface area contributed by atoms with Crippen molar-refractivity contribution in [3.05, 3.63) is 22.7 Å². The van der Waals surface area contributed by atoms with E-state index in [1.165, 1.54) is 12.1 Å². The highest BCUT2D eigenvalue weighted by atomic mass is 35.5. The Kier molecular flexibility index (Phi) is 3.57. The molecule has 1 aromatic carbocycles. The summed E-state index contributed by atoms with van der Waals surface area (Å²) in [6, 6.07) is 2.81. The lowest BCUT2D eigenvalue weighted by atomic mass is 10.1. The van der Waals surface area contributed by atoms with Gasteiger partial charge in [-0.05, 0) is 12.1 Å². The van der Waals surface area contributed by atoms with E-state index in [2.05, 4.69) is 5.32 Å². The van der Waals surface area contributed by atoms with E-state index in [1.807, 2.05) is 0 Å². The fourth-order valence-corrected chi connectivity index (χ4v) is 1.47. The number of carbonyl (C=O) groups is 2. The molecule has 0 saturated heterocycles. The SMILES string of the molecule is NC(=O)CNc1c(Cl)cc(N)cc1C(N)=O. The Morgan fingerprint density at radius 3 is 2.44 bits per heavy atom. The maximum atomic E-state index is 11.1. The van der Waals surface area contributed by atoms with E-state index in [-0.39, 0.29) is 22.8 Å². The minimum absolute atomic E-state index is 0.117. The molecule has 0 spiro atoms. The molecule has 0 aromatic heterocycles. The highest BCUT2D eigenvalue weighted by Gasteiger charge is 2.13. The molecule has 16 heavy (non-hydrogen) atoms. The number of amides is 2. The number of hydrogen-bond acceptors (Lipinski definition) is 4. The van der Waals surface area contributed by atoms with E-state index in [0.29, 0.717) is 5.69 Å². The summed E-state index contributed by atoms with van der Waals surface area (Å²) in [6.45, 7) is -0.149. The van der Waals surface area contributed by atoms with Gasteiger partial charge in [0.1, 0.15) is 0 Å². The number of carbonyl (C=O) groups excluding carboxylic acids is 2. The molecule has 1 aromatic rings. The van der Waals surface area contributed by atoms with Crippen LogP contribution in [0.15, 0.2) is 12.1 Å². The van der Waals surface area contributed by atoms with Crippen molar-refractivity contribution in [2.24, 2.45) is 11.5 Å². The molecule has 6 nitrogen and oxygen atoms in total. The first kappa shape index (κ1) is 12.1. The lowest BCUT2D eigenvalue weighted by Crippen LogP contribution is -2.24. The Balaban J connectivity index is 3.14. The summed E-state index contributed by atoms with van der Waals surface area (Å²) in [6.07, 6.45) is 0. The molecular weight excluding hydrogens is 232 g/mol. The third-order valence-corrected chi connectivity index (χ3v) is 2.12. The van der Waals surface area contributed by atoms with Gasteiger partial charge in [0.05, 0.1) is 22.8 Å². The van der Waals surface area contributed by atoms with Crippen LogP contribution >= 0.6 is 11.6 Å². The molecule has 0 radical (unpaired) electrons. The van der Waals surface area contributed by atoms with E-state index in [4.69, 9.17) is 28.8 Å². The van der Waals surface area contributed by atoms with Gasteiger partial charge in [-0.2, -0.15) is 0 Å². The third kappa shape index (κ3) is 2.77. The molecule has 86 valence electrons. The van der Waals surface area contributed by atoms with Gasteiger partial charge in [-0.15, -0.1) is 0 Å². The van der Waals surface area contributed by atoms with E-state index in [0.717, 1.165) is 0 Å². The lowest BCUT2D eigenvalue weighted by Gasteiger charge is -2.11. The number of halogens is 1. The van der Waals surface area contributed by atoms with Crippen molar-refractivity contribution < 1.29 is 9.59 Å². The summed E-state index contributed by atoms with van der Waals surface area (Å²) in [5.41, 5.74) is 16.3. The quantitative estimate of drug-likeness (QED) is 0.551. The number of anilines is 2. The molecule has 0 atom stereocenters. The van der Waals surface area contributed by atoms with Crippen LogP contribution in [0.5, 0.6) is 0 Å². The monoisotopic (exact) mass is 242 g/mol. The van der Waals surface area contributed by atoms with Crippen molar-refractivity contribution in [1.82, 2.24) is 0 Å². The number of nitrogen functional groups attached to an aromatic ring is 1. The van der Waals surface area contributed by atoms with Gasteiger partial charge < -0.3 is 22.5 Å². The van der Waals surface area contributed by atoms with Gasteiger partial charge in [0, 0.05) is 5.69 Å². The van der Waals surface area contributed by atoms with Crippen LogP contribution in [-0.2, 0) is 4.79 Å². The van der Waals surface area contributed by atoms with Gasteiger partial charge in [0.25, 0.3) is 5.91 Å². The molecule has 7 heteroatoms. The summed E-state index contributed by atoms with van der Waals surface area (Å²) < 4.78 is 0. The van der Waals surface area contributed by atoms with Gasteiger partial charge >= 0.3 is 0 Å². The standard InChI is InChI=1S/C9H11ClN4O2/c10-6-2-4(11)1-5(9(13)16)8(6)14-3-7(12)15/h1-2,14H,3,11H2,(H2,12,15)(H2,13,16). The first-order valence-corrected chi connectivity index (χ1v) is 4.70. The van der Waals surface area contributed by atoms with Crippen LogP contribution in [0.2, 0.25) is 5.02 Å². The van der Waals surface area contributed by atoms with Crippen molar-refractivity contribution in [3.8, 4) is 0 Å². The maximum Gasteiger partial charge on any atom is 0.250 e. The molecule has 0 fully saturated rings. The Labute approximate surface area is 96.7 Å². The average molecular weight is 243 g/mol. The average Bonchev–Trinajstić information content (AvgIpc) is 2.14. The summed E-state index contributed by atoms with van der Waals surface area (Å²) in [5, 5.41) is 2.83. The molecule has 0 heterocycles. The summed E-state index contributed by atoms with van der Waals surface area (Å²) in [5.74, 6) is -1.27. The summed E-state index contributed by atoms with van der Waals surface area (Å²) >= 11 is 5.86. The Morgan fingerprint density at radius 1 is 1.31 bits per heavy atom. The van der Waals surface area contributed by atoms with Gasteiger partial charge in [-0.1, -0.05) is 11.6 Å². The molecule has 0 aliphatic carbocycles. The van der Waals surface area contributed by atoms with Crippen LogP contribution in [0.3, 0.4) is 0 Å². The fraction of sp³-hybridized carbons (Fsp3) is 0.111. The topological polar surface area (TPSA) is 124 Å². The highest BCUT2D eigenvalue weighted by molar-refractivity contribution is 6.34. The molecule has 7 N–H and O–H groups in total. The van der Waals surface area contributed by atoms with Gasteiger partial charge in [0.15, 0.2) is 0 Å². The van der Waals surface area contributed by atoms with E-state index < -0.39 is 11.8 Å². The fourth-order valence-electron chi connectivity index (χ4n) is 1.18. The van der Waals surface area contributed by atoms with Crippen LogP contribution in [-0.4, -0.2) is 18.4 Å². The zero-order chi connectivity index (χ0) is 12.3. The number of primary amides is 2. The second-order valence-electron chi connectivity index (χ2n) is 3.11. The summed E-state index contributed by atoms with van der Waals surface area (Å²) in [7, 11) is 0. The van der Waals surface area contributed by atoms with Gasteiger partial charge in [-0.25, -0.2) is 0 Å². The van der Waals surface area contributed by atoms with Crippen molar-refractivity contribution >= 4 is 34.8 Å². The van der Waals surface area contributed by atoms with Gasteiger partial charge in [-0.3, -0.25) is 9.59 Å². The van der Waals surface area contributed by atoms with Crippen LogP contribution < -0.4 is 22.5 Å². The van der Waals surface area contributed by atoms with Crippen molar-refractivity contribution in [2.45, 2.75) is 0 Å². The zero-order valence-corrected chi connectivity index (χ0v) is 9.04. The predicted molar refractivity (Wildman–Crippen MR) is 62.1 cm³/mol. The van der Waals surface area contributed by atoms with Crippen molar-refractivity contribution in [1.29, 1.82) is 0 Å². The van der Waals surface area contributed by atoms with Crippen LogP contribution in [0, 0.1) is 0 Å². The minimum atomic E-state index is -0.693.